The zero-order valence-corrected chi connectivity index (χ0v) is 13.3. The van der Waals surface area contributed by atoms with E-state index in [1.165, 1.54) is 0 Å². The summed E-state index contributed by atoms with van der Waals surface area (Å²) in [5.41, 5.74) is 0. The van der Waals surface area contributed by atoms with Crippen molar-refractivity contribution < 1.29 is 46.5 Å². The molecule has 0 unspecified atom stereocenters. The van der Waals surface area contributed by atoms with E-state index >= 15 is 0 Å². The van der Waals surface area contributed by atoms with Crippen LogP contribution in [0.1, 0.15) is 0 Å². The molecule has 0 fully saturated rings. The van der Waals surface area contributed by atoms with E-state index in [9.17, 15) is 0 Å². The molecule has 0 atom stereocenters. The van der Waals surface area contributed by atoms with E-state index in [-0.39, 0.29) is 60.9 Å². The Morgan fingerprint density at radius 2 is 0.833 bits per heavy atom. The molecule has 0 heterocycles. The van der Waals surface area contributed by atoms with Gasteiger partial charge in [-0.15, -0.1) is 0 Å². The van der Waals surface area contributed by atoms with Gasteiger partial charge >= 0.3 is 70.9 Å². The van der Waals surface area contributed by atoms with Gasteiger partial charge in [-0.2, -0.15) is 0 Å². The molecule has 0 N–H and O–H groups in total. The molecule has 3 nitrogen and oxygen atoms in total. The quantitative estimate of drug-likeness (QED) is 0.538. The third-order valence-corrected chi connectivity index (χ3v) is 0. The van der Waals surface area contributed by atoms with Crippen molar-refractivity contribution in [1.82, 2.24) is 0 Å². The van der Waals surface area contributed by atoms with Gasteiger partial charge in [-0.05, 0) is 0 Å². The molecule has 0 aliphatic carbocycles. The molecule has 6 heavy (non-hydrogen) atoms. The van der Waals surface area contributed by atoms with Gasteiger partial charge in [-0.1, -0.05) is 0 Å². The van der Waals surface area contributed by atoms with E-state index in [0.29, 0.717) is 0 Å². The summed E-state index contributed by atoms with van der Waals surface area (Å²) in [6.07, 6.45) is 0. The summed E-state index contributed by atoms with van der Waals surface area (Å²) in [5, 5.41) is 0. The maximum atomic E-state index is 8.42. The Labute approximate surface area is 70.1 Å². The van der Waals surface area contributed by atoms with Crippen molar-refractivity contribution >= 4 is 24.4 Å². The zero-order chi connectivity index (χ0) is 6.00. The van der Waals surface area contributed by atoms with Crippen LogP contribution >= 0.6 is 0 Å². The predicted molar refractivity (Wildman–Crippen MR) is 9.21 cm³/mol. The van der Waals surface area contributed by atoms with Gasteiger partial charge in [-0.3, -0.25) is 0 Å². The average molecular weight is 295 g/mol. The molecule has 0 bridgehead atoms. The van der Waals surface area contributed by atoms with Gasteiger partial charge in [0.1, 0.15) is 0 Å². The van der Waals surface area contributed by atoms with Gasteiger partial charge in [0, 0.05) is 0 Å². The fraction of sp³-hybridized carbons (Fsp3) is 0. The van der Waals surface area contributed by atoms with E-state index in [2.05, 4.69) is 0 Å². The second-order valence-electron chi connectivity index (χ2n) is 0. The molecular weight excluding hydrogens is 294 g/mol. The Kier molecular flexibility index (Phi) is 225. The summed E-state index contributed by atoms with van der Waals surface area (Å²) in [6.45, 7) is 0. The van der Waals surface area contributed by atoms with Crippen molar-refractivity contribution in [3.63, 3.8) is 0 Å². The third-order valence-electron chi connectivity index (χ3n) is 0. The SMILES string of the molecule is [O]=[InH].[O]=[Zn].[O]=[Zn]. The minimum atomic E-state index is -0.1000. The molecular formula is HInO3Zn2. The molecule has 0 aromatic heterocycles. The van der Waals surface area contributed by atoms with Gasteiger partial charge in [0.15, 0.2) is 0 Å². The van der Waals surface area contributed by atoms with Gasteiger partial charge in [0.25, 0.3) is 0 Å². The van der Waals surface area contributed by atoms with Crippen LogP contribution in [-0.2, 0) is 46.5 Å². The molecule has 6 heteroatoms. The van der Waals surface area contributed by atoms with Crippen LogP contribution in [0.15, 0.2) is 0 Å². The molecule has 26 valence electrons. The van der Waals surface area contributed by atoms with E-state index in [0.717, 1.165) is 0 Å². The topological polar surface area (TPSA) is 51.2 Å². The molecule has 0 radical (unpaired) electrons. The van der Waals surface area contributed by atoms with E-state index in [4.69, 9.17) is 10.0 Å². The van der Waals surface area contributed by atoms with Crippen molar-refractivity contribution in [2.24, 2.45) is 0 Å². The number of hydrogen-bond acceptors (Lipinski definition) is 3. The first-order chi connectivity index (χ1) is 3.00. The molecule has 0 aliphatic rings. The number of rotatable bonds is 0. The van der Waals surface area contributed by atoms with Gasteiger partial charge < -0.3 is 0 Å². The first kappa shape index (κ1) is 15.6. The second-order valence-corrected chi connectivity index (χ2v) is 0. The normalized spacial score (nSPS) is 2.50. The first-order valence-electron chi connectivity index (χ1n) is 0.866. The van der Waals surface area contributed by atoms with Crippen molar-refractivity contribution in [1.29, 1.82) is 0 Å². The zero-order valence-electron chi connectivity index (χ0n) is 3.35. The number of hydrogen-bond donors (Lipinski definition) is 0. The standard InChI is InChI=1S/In.3O.2Zn.H. The van der Waals surface area contributed by atoms with Crippen molar-refractivity contribution in [2.45, 2.75) is 0 Å². The summed E-state index contributed by atoms with van der Waals surface area (Å²) < 4.78 is 25.2. The van der Waals surface area contributed by atoms with Crippen molar-refractivity contribution in [3.05, 3.63) is 0 Å². The minimum absolute atomic E-state index is 0.1000. The Morgan fingerprint density at radius 3 is 0.833 bits per heavy atom. The molecule has 0 spiro atoms. The maximum absolute atomic E-state index is 8.42. The Balaban J connectivity index is -0.0000000225. The van der Waals surface area contributed by atoms with Crippen LogP contribution in [0.3, 0.4) is 0 Å². The molecule has 0 aliphatic heterocycles. The summed E-state index contributed by atoms with van der Waals surface area (Å²) in [4.78, 5) is 0. The van der Waals surface area contributed by atoms with Crippen molar-refractivity contribution in [2.75, 3.05) is 0 Å². The Bertz CT molecular complexity index is 13.5. The average Bonchev–Trinajstić information content (AvgIpc) is 1.81. The van der Waals surface area contributed by atoms with Crippen LogP contribution in [0.4, 0.5) is 0 Å². The van der Waals surface area contributed by atoms with Crippen LogP contribution in [-0.4, -0.2) is 24.4 Å². The summed E-state index contributed by atoms with van der Waals surface area (Å²) in [7, 11) is 0. The van der Waals surface area contributed by atoms with E-state index in [1.54, 1.807) is 0 Å². The van der Waals surface area contributed by atoms with E-state index in [1.807, 2.05) is 0 Å². The fourth-order valence-electron chi connectivity index (χ4n) is 0. The first-order valence-corrected chi connectivity index (χ1v) is 4.94. The van der Waals surface area contributed by atoms with Gasteiger partial charge in [-0.25, -0.2) is 0 Å². The fourth-order valence-corrected chi connectivity index (χ4v) is 0. The van der Waals surface area contributed by atoms with Gasteiger partial charge in [0.05, 0.1) is 0 Å². The van der Waals surface area contributed by atoms with Crippen LogP contribution < -0.4 is 0 Å². The molecule has 0 aromatic carbocycles. The van der Waals surface area contributed by atoms with Gasteiger partial charge in [0.2, 0.25) is 0 Å². The van der Waals surface area contributed by atoms with Crippen molar-refractivity contribution in [3.8, 4) is 0 Å². The molecule has 0 amide bonds. The Morgan fingerprint density at radius 1 is 0.833 bits per heavy atom. The molecule has 0 rings (SSSR count). The molecule has 0 aromatic rings. The van der Waals surface area contributed by atoms with Crippen LogP contribution in [0.5, 0.6) is 0 Å². The molecule has 0 saturated carbocycles. The molecule has 0 saturated heterocycles. The second kappa shape index (κ2) is 86.2. The monoisotopic (exact) mass is 292 g/mol. The summed E-state index contributed by atoms with van der Waals surface area (Å²) in [5.74, 6) is 0. The van der Waals surface area contributed by atoms with Crippen LogP contribution in [0, 0.1) is 0 Å². The predicted octanol–water partition coefficient (Wildman–Crippen LogP) is -1.01. The Hall–Kier alpha value is 1.52. The summed E-state index contributed by atoms with van der Waals surface area (Å²) >= 11 is 0.150. The third kappa shape index (κ3) is 48.9. The van der Waals surface area contributed by atoms with E-state index < -0.39 is 0 Å². The van der Waals surface area contributed by atoms with Crippen LogP contribution in [0.2, 0.25) is 0 Å². The van der Waals surface area contributed by atoms with Crippen LogP contribution in [0.25, 0.3) is 0 Å². The summed E-state index contributed by atoms with van der Waals surface area (Å²) in [6, 6.07) is 0.